The van der Waals surface area contributed by atoms with Gasteiger partial charge in [0, 0.05) is 7.05 Å². The molecule has 2 rings (SSSR count). The van der Waals surface area contributed by atoms with E-state index in [4.69, 9.17) is 4.74 Å². The molecule has 18 heavy (non-hydrogen) atoms. The van der Waals surface area contributed by atoms with Crippen LogP contribution in [0.25, 0.3) is 0 Å². The summed E-state index contributed by atoms with van der Waals surface area (Å²) in [5.41, 5.74) is 0.158. The minimum atomic E-state index is -0.499. The summed E-state index contributed by atoms with van der Waals surface area (Å²) in [6, 6.07) is 0. The Balaban J connectivity index is 2.17. The van der Waals surface area contributed by atoms with Crippen molar-refractivity contribution in [1.82, 2.24) is 9.97 Å². The Hall–Kier alpha value is -1.92. The fourth-order valence-electron chi connectivity index (χ4n) is 1.69. The molecule has 1 aliphatic carbocycles. The highest BCUT2D eigenvalue weighted by Crippen LogP contribution is 2.33. The molecule has 0 bridgehead atoms. The molecule has 7 heteroatoms. The van der Waals surface area contributed by atoms with Gasteiger partial charge in [-0.05, 0) is 19.3 Å². The monoisotopic (exact) mass is 252 g/mol. The van der Waals surface area contributed by atoms with Gasteiger partial charge in [0.2, 0.25) is 5.95 Å². The van der Waals surface area contributed by atoms with Crippen LogP contribution in [0.15, 0.2) is 0 Å². The van der Waals surface area contributed by atoms with E-state index in [1.807, 2.05) is 0 Å². The van der Waals surface area contributed by atoms with Crippen LogP contribution in [0.2, 0.25) is 0 Å². The Morgan fingerprint density at radius 1 is 1.50 bits per heavy atom. The van der Waals surface area contributed by atoms with Crippen LogP contribution in [0.4, 0.5) is 11.6 Å². The molecular formula is C11H16N4O3. The highest BCUT2D eigenvalue weighted by molar-refractivity contribution is 5.48. The van der Waals surface area contributed by atoms with Crippen molar-refractivity contribution < 1.29 is 9.66 Å². The summed E-state index contributed by atoms with van der Waals surface area (Å²) in [6.07, 6.45) is 3.39. The topological polar surface area (TPSA) is 90.2 Å². The van der Waals surface area contributed by atoms with Gasteiger partial charge in [-0.2, -0.15) is 4.98 Å². The molecule has 0 atom stereocenters. The van der Waals surface area contributed by atoms with Crippen LogP contribution in [-0.4, -0.2) is 28.5 Å². The summed E-state index contributed by atoms with van der Waals surface area (Å²) in [6.45, 7) is 2.04. The number of aryl methyl sites for hydroxylation is 1. The van der Waals surface area contributed by atoms with Crippen LogP contribution in [0.1, 0.15) is 25.0 Å². The summed E-state index contributed by atoms with van der Waals surface area (Å²) >= 11 is 0. The molecule has 0 aromatic carbocycles. The quantitative estimate of drug-likeness (QED) is 0.614. The standard InChI is InChI=1S/C11H16N4O3/c1-7-9(15(16)17)10(14-11(12-2)13-7)18-6-5-8-3-4-8/h8H,3-6H2,1-2H3,(H,12,13,14). The second-order valence-corrected chi connectivity index (χ2v) is 4.37. The SMILES string of the molecule is CNc1nc(C)c([N+](=O)[O-])c(OCCC2CC2)n1. The highest BCUT2D eigenvalue weighted by atomic mass is 16.6. The van der Waals surface area contributed by atoms with Crippen molar-refractivity contribution in [3.63, 3.8) is 0 Å². The summed E-state index contributed by atoms with van der Waals surface area (Å²) in [7, 11) is 1.66. The van der Waals surface area contributed by atoms with Crippen molar-refractivity contribution in [3.05, 3.63) is 15.8 Å². The van der Waals surface area contributed by atoms with Crippen LogP contribution >= 0.6 is 0 Å². The molecule has 1 aliphatic rings. The van der Waals surface area contributed by atoms with E-state index in [1.165, 1.54) is 12.8 Å². The third kappa shape index (κ3) is 2.85. The Bertz CT molecular complexity index is 460. The molecule has 0 aliphatic heterocycles. The molecule has 1 heterocycles. The van der Waals surface area contributed by atoms with E-state index in [-0.39, 0.29) is 11.6 Å². The van der Waals surface area contributed by atoms with Gasteiger partial charge in [0.1, 0.15) is 5.69 Å². The lowest BCUT2D eigenvalue weighted by Crippen LogP contribution is -2.08. The smallest absolute Gasteiger partial charge is 0.352 e. The molecule has 0 amide bonds. The lowest BCUT2D eigenvalue weighted by Gasteiger charge is -2.08. The molecule has 0 radical (unpaired) electrons. The van der Waals surface area contributed by atoms with E-state index in [0.29, 0.717) is 18.2 Å². The number of hydrogen-bond acceptors (Lipinski definition) is 6. The maximum absolute atomic E-state index is 11.0. The molecule has 1 saturated carbocycles. The summed E-state index contributed by atoms with van der Waals surface area (Å²) in [5.74, 6) is 1.10. The average molecular weight is 252 g/mol. The van der Waals surface area contributed by atoms with Crippen molar-refractivity contribution in [2.24, 2.45) is 5.92 Å². The number of hydrogen-bond donors (Lipinski definition) is 1. The van der Waals surface area contributed by atoms with Gasteiger partial charge in [-0.25, -0.2) is 4.98 Å². The summed E-state index contributed by atoms with van der Waals surface area (Å²) < 4.78 is 5.44. The van der Waals surface area contributed by atoms with Gasteiger partial charge in [0.05, 0.1) is 11.5 Å². The predicted molar refractivity (Wildman–Crippen MR) is 65.8 cm³/mol. The minimum absolute atomic E-state index is 0.0532. The highest BCUT2D eigenvalue weighted by Gasteiger charge is 2.25. The number of nitrogens with zero attached hydrogens (tertiary/aromatic N) is 3. The minimum Gasteiger partial charge on any atom is -0.473 e. The number of ether oxygens (including phenoxy) is 1. The average Bonchev–Trinajstić information content (AvgIpc) is 3.11. The first-order valence-corrected chi connectivity index (χ1v) is 5.95. The van der Waals surface area contributed by atoms with E-state index in [9.17, 15) is 10.1 Å². The van der Waals surface area contributed by atoms with Gasteiger partial charge in [0.25, 0.3) is 5.88 Å². The number of rotatable bonds is 6. The van der Waals surface area contributed by atoms with Crippen molar-refractivity contribution in [3.8, 4) is 5.88 Å². The second kappa shape index (κ2) is 5.16. The number of nitro groups is 1. The van der Waals surface area contributed by atoms with E-state index < -0.39 is 4.92 Å². The van der Waals surface area contributed by atoms with Crippen LogP contribution in [0.5, 0.6) is 5.88 Å². The maximum atomic E-state index is 11.0. The molecule has 0 spiro atoms. The van der Waals surface area contributed by atoms with Gasteiger partial charge >= 0.3 is 5.69 Å². The zero-order chi connectivity index (χ0) is 13.1. The van der Waals surface area contributed by atoms with E-state index in [1.54, 1.807) is 14.0 Å². The molecule has 1 aromatic heterocycles. The first kappa shape index (κ1) is 12.5. The van der Waals surface area contributed by atoms with Gasteiger partial charge in [-0.1, -0.05) is 12.8 Å². The van der Waals surface area contributed by atoms with Crippen molar-refractivity contribution in [2.75, 3.05) is 19.0 Å². The van der Waals surface area contributed by atoms with E-state index in [0.717, 1.165) is 12.3 Å². The molecule has 1 aromatic rings. The third-order valence-electron chi connectivity index (χ3n) is 2.89. The molecule has 1 N–H and O–H groups in total. The fourth-order valence-corrected chi connectivity index (χ4v) is 1.69. The first-order chi connectivity index (χ1) is 8.61. The lowest BCUT2D eigenvalue weighted by atomic mass is 10.3. The Morgan fingerprint density at radius 2 is 2.22 bits per heavy atom. The van der Waals surface area contributed by atoms with Crippen LogP contribution in [0, 0.1) is 23.0 Å². The van der Waals surface area contributed by atoms with Crippen molar-refractivity contribution in [1.29, 1.82) is 0 Å². The largest absolute Gasteiger partial charge is 0.473 e. The van der Waals surface area contributed by atoms with Crippen molar-refractivity contribution in [2.45, 2.75) is 26.2 Å². The van der Waals surface area contributed by atoms with Gasteiger partial charge in [0.15, 0.2) is 0 Å². The number of anilines is 1. The molecule has 98 valence electrons. The molecule has 0 unspecified atom stereocenters. The van der Waals surface area contributed by atoms with Crippen LogP contribution in [-0.2, 0) is 0 Å². The van der Waals surface area contributed by atoms with Gasteiger partial charge in [-0.15, -0.1) is 0 Å². The number of nitrogens with one attached hydrogen (secondary N) is 1. The van der Waals surface area contributed by atoms with E-state index >= 15 is 0 Å². The third-order valence-corrected chi connectivity index (χ3v) is 2.89. The van der Waals surface area contributed by atoms with Gasteiger partial charge in [-0.3, -0.25) is 10.1 Å². The van der Waals surface area contributed by atoms with E-state index in [2.05, 4.69) is 15.3 Å². The second-order valence-electron chi connectivity index (χ2n) is 4.37. The van der Waals surface area contributed by atoms with Gasteiger partial charge < -0.3 is 10.1 Å². The predicted octanol–water partition coefficient (Wildman–Crippen LogP) is 1.91. The molecule has 0 saturated heterocycles. The Kier molecular flexibility index (Phi) is 3.59. The summed E-state index contributed by atoms with van der Waals surface area (Å²) in [4.78, 5) is 18.5. The van der Waals surface area contributed by atoms with Crippen molar-refractivity contribution >= 4 is 11.6 Å². The maximum Gasteiger partial charge on any atom is 0.352 e. The number of aromatic nitrogens is 2. The zero-order valence-corrected chi connectivity index (χ0v) is 10.5. The molecule has 7 nitrogen and oxygen atoms in total. The first-order valence-electron chi connectivity index (χ1n) is 5.95. The Morgan fingerprint density at radius 3 is 2.78 bits per heavy atom. The fraction of sp³-hybridized carbons (Fsp3) is 0.636. The molecule has 1 fully saturated rings. The normalized spacial score (nSPS) is 14.3. The Labute approximate surface area is 105 Å². The summed E-state index contributed by atoms with van der Waals surface area (Å²) in [5, 5.41) is 13.7. The molecular weight excluding hydrogens is 236 g/mol. The lowest BCUT2D eigenvalue weighted by molar-refractivity contribution is -0.387. The van der Waals surface area contributed by atoms with Crippen LogP contribution in [0.3, 0.4) is 0 Å². The zero-order valence-electron chi connectivity index (χ0n) is 10.5. The van der Waals surface area contributed by atoms with Crippen LogP contribution < -0.4 is 10.1 Å².